The summed E-state index contributed by atoms with van der Waals surface area (Å²) in [6, 6.07) is 15.2. The number of hydrogen-bond donors (Lipinski definition) is 1. The molecule has 25 heavy (non-hydrogen) atoms. The number of aryl methyl sites for hydroxylation is 1. The first-order chi connectivity index (χ1) is 12.1. The van der Waals surface area contributed by atoms with Gasteiger partial charge in [-0.3, -0.25) is 4.79 Å². The molecule has 2 heterocycles. The molecular formula is C19H17ClN4O. The van der Waals surface area contributed by atoms with Gasteiger partial charge in [0, 0.05) is 23.2 Å². The molecule has 0 unspecified atom stereocenters. The number of pyridine rings is 1. The molecule has 0 spiro atoms. The van der Waals surface area contributed by atoms with Gasteiger partial charge in [-0.15, -0.1) is 0 Å². The van der Waals surface area contributed by atoms with Gasteiger partial charge in [0.05, 0.1) is 5.69 Å². The molecule has 1 fully saturated rings. The van der Waals surface area contributed by atoms with Gasteiger partial charge in [0.1, 0.15) is 5.82 Å². The summed E-state index contributed by atoms with van der Waals surface area (Å²) in [7, 11) is 0. The van der Waals surface area contributed by atoms with Gasteiger partial charge in [0.15, 0.2) is 5.82 Å². The highest BCUT2D eigenvalue weighted by Crippen LogP contribution is 2.48. The predicted octanol–water partition coefficient (Wildman–Crippen LogP) is 3.97. The minimum Gasteiger partial charge on any atom is -0.310 e. The average molecular weight is 353 g/mol. The Balaban J connectivity index is 1.50. The van der Waals surface area contributed by atoms with E-state index in [9.17, 15) is 4.79 Å². The first-order valence-electron chi connectivity index (χ1n) is 8.16. The summed E-state index contributed by atoms with van der Waals surface area (Å²) >= 11 is 5.93. The van der Waals surface area contributed by atoms with Crippen LogP contribution in [0.4, 0.5) is 5.82 Å². The van der Waals surface area contributed by atoms with Crippen molar-refractivity contribution in [2.75, 3.05) is 5.32 Å². The van der Waals surface area contributed by atoms with E-state index in [2.05, 4.69) is 15.4 Å². The number of amides is 1. The summed E-state index contributed by atoms with van der Waals surface area (Å²) in [4.78, 5) is 16.9. The van der Waals surface area contributed by atoms with Crippen LogP contribution in [-0.4, -0.2) is 20.7 Å². The fourth-order valence-corrected chi connectivity index (χ4v) is 3.15. The van der Waals surface area contributed by atoms with Crippen molar-refractivity contribution in [3.63, 3.8) is 0 Å². The summed E-state index contributed by atoms with van der Waals surface area (Å²) in [5, 5.41) is 8.13. The third-order valence-electron chi connectivity index (χ3n) is 4.37. The van der Waals surface area contributed by atoms with Gasteiger partial charge in [0.2, 0.25) is 5.91 Å². The molecule has 0 bridgehead atoms. The Morgan fingerprint density at radius 1 is 1.24 bits per heavy atom. The summed E-state index contributed by atoms with van der Waals surface area (Å²) in [5.74, 6) is 1.56. The highest BCUT2D eigenvalue weighted by atomic mass is 35.5. The summed E-state index contributed by atoms with van der Waals surface area (Å²) in [6.07, 6.45) is 2.56. The molecule has 5 nitrogen and oxygen atoms in total. The topological polar surface area (TPSA) is 59.8 Å². The number of halogens is 1. The van der Waals surface area contributed by atoms with Gasteiger partial charge in [-0.25, -0.2) is 4.98 Å². The van der Waals surface area contributed by atoms with Gasteiger partial charge < -0.3 is 5.32 Å². The molecule has 1 aromatic carbocycles. The Labute approximate surface area is 150 Å². The normalized spacial score (nSPS) is 18.8. The fourth-order valence-electron chi connectivity index (χ4n) is 3.02. The van der Waals surface area contributed by atoms with Gasteiger partial charge in [-0.1, -0.05) is 29.8 Å². The van der Waals surface area contributed by atoms with Crippen LogP contribution >= 0.6 is 11.6 Å². The molecule has 1 aliphatic rings. The van der Waals surface area contributed by atoms with Crippen LogP contribution in [-0.2, 0) is 4.79 Å². The smallest absolute Gasteiger partial charge is 0.229 e. The largest absolute Gasteiger partial charge is 0.310 e. The lowest BCUT2D eigenvalue weighted by Crippen LogP contribution is -2.17. The van der Waals surface area contributed by atoms with Crippen molar-refractivity contribution in [2.45, 2.75) is 19.3 Å². The third-order valence-corrected chi connectivity index (χ3v) is 4.63. The lowest BCUT2D eigenvalue weighted by molar-refractivity contribution is -0.117. The van der Waals surface area contributed by atoms with Crippen LogP contribution in [0.1, 0.15) is 23.6 Å². The van der Waals surface area contributed by atoms with Crippen molar-refractivity contribution in [3.8, 4) is 5.82 Å². The van der Waals surface area contributed by atoms with Crippen LogP contribution in [0.5, 0.6) is 0 Å². The number of carbonyl (C=O) groups is 1. The number of carbonyl (C=O) groups excluding carboxylic acids is 1. The Hall–Kier alpha value is -2.66. The Kier molecular flexibility index (Phi) is 4.01. The SMILES string of the molecule is Cc1cc(NC(=O)[C@@H]2C[C@H]2c2ccc(Cl)cc2)n(-c2ccccn2)n1. The van der Waals surface area contributed by atoms with E-state index in [0.717, 1.165) is 17.7 Å². The van der Waals surface area contributed by atoms with E-state index in [0.29, 0.717) is 16.7 Å². The zero-order chi connectivity index (χ0) is 17.4. The molecule has 1 N–H and O–H groups in total. The lowest BCUT2D eigenvalue weighted by atomic mass is 10.1. The predicted molar refractivity (Wildman–Crippen MR) is 97.0 cm³/mol. The summed E-state index contributed by atoms with van der Waals surface area (Å²) in [5.41, 5.74) is 1.98. The second-order valence-electron chi connectivity index (χ2n) is 6.26. The standard InChI is InChI=1S/C19H17ClN4O/c1-12-10-18(24(23-12)17-4-2-3-9-21-17)22-19(25)16-11-15(16)13-5-7-14(20)8-6-13/h2-10,15-16H,11H2,1H3,(H,22,25)/t15-,16+/m0/s1. The number of rotatable bonds is 4. The Bertz CT molecular complexity index is 905. The molecule has 4 rings (SSSR count). The molecule has 0 radical (unpaired) electrons. The Morgan fingerprint density at radius 3 is 2.76 bits per heavy atom. The zero-order valence-corrected chi connectivity index (χ0v) is 14.4. The van der Waals surface area contributed by atoms with Crippen LogP contribution < -0.4 is 5.32 Å². The van der Waals surface area contributed by atoms with E-state index in [1.54, 1.807) is 10.9 Å². The van der Waals surface area contributed by atoms with Crippen molar-refractivity contribution in [1.82, 2.24) is 14.8 Å². The molecule has 0 saturated heterocycles. The van der Waals surface area contributed by atoms with Crippen molar-refractivity contribution in [2.24, 2.45) is 5.92 Å². The third kappa shape index (κ3) is 3.28. The van der Waals surface area contributed by atoms with E-state index in [1.807, 2.05) is 55.5 Å². The molecule has 1 aliphatic carbocycles. The van der Waals surface area contributed by atoms with Crippen LogP contribution in [0.3, 0.4) is 0 Å². The van der Waals surface area contributed by atoms with E-state index in [1.165, 1.54) is 0 Å². The molecule has 126 valence electrons. The number of nitrogens with one attached hydrogen (secondary N) is 1. The lowest BCUT2D eigenvalue weighted by Gasteiger charge is -2.08. The highest BCUT2D eigenvalue weighted by molar-refractivity contribution is 6.30. The number of hydrogen-bond acceptors (Lipinski definition) is 3. The fraction of sp³-hybridized carbons (Fsp3) is 0.211. The Morgan fingerprint density at radius 2 is 2.04 bits per heavy atom. The van der Waals surface area contributed by atoms with Crippen LogP contribution in [0.25, 0.3) is 5.82 Å². The zero-order valence-electron chi connectivity index (χ0n) is 13.7. The maximum Gasteiger partial charge on any atom is 0.229 e. The quantitative estimate of drug-likeness (QED) is 0.772. The summed E-state index contributed by atoms with van der Waals surface area (Å²) in [6.45, 7) is 1.89. The van der Waals surface area contributed by atoms with E-state index in [4.69, 9.17) is 11.6 Å². The van der Waals surface area contributed by atoms with Crippen LogP contribution in [0, 0.1) is 12.8 Å². The number of nitrogens with zero attached hydrogens (tertiary/aromatic N) is 3. The molecule has 1 saturated carbocycles. The van der Waals surface area contributed by atoms with Crippen molar-refractivity contribution >= 4 is 23.3 Å². The molecule has 0 aliphatic heterocycles. The maximum absolute atomic E-state index is 12.6. The second kappa shape index (κ2) is 6.33. The van der Waals surface area contributed by atoms with Gasteiger partial charge in [0.25, 0.3) is 0 Å². The van der Waals surface area contributed by atoms with E-state index < -0.39 is 0 Å². The molecule has 6 heteroatoms. The minimum atomic E-state index is -0.0198. The van der Waals surface area contributed by atoms with E-state index >= 15 is 0 Å². The first kappa shape index (κ1) is 15.8. The van der Waals surface area contributed by atoms with E-state index in [-0.39, 0.29) is 17.7 Å². The summed E-state index contributed by atoms with van der Waals surface area (Å²) < 4.78 is 1.66. The number of anilines is 1. The van der Waals surface area contributed by atoms with Crippen molar-refractivity contribution in [1.29, 1.82) is 0 Å². The van der Waals surface area contributed by atoms with Gasteiger partial charge >= 0.3 is 0 Å². The number of aromatic nitrogens is 3. The molecule has 3 aromatic rings. The van der Waals surface area contributed by atoms with Crippen LogP contribution in [0.15, 0.2) is 54.7 Å². The molecular weight excluding hydrogens is 336 g/mol. The highest BCUT2D eigenvalue weighted by Gasteiger charge is 2.44. The minimum absolute atomic E-state index is 0.0111. The first-order valence-corrected chi connectivity index (χ1v) is 8.54. The molecule has 1 amide bonds. The molecule has 2 aromatic heterocycles. The van der Waals surface area contributed by atoms with Gasteiger partial charge in [-0.2, -0.15) is 9.78 Å². The van der Waals surface area contributed by atoms with Crippen molar-refractivity contribution < 1.29 is 4.79 Å². The number of benzene rings is 1. The maximum atomic E-state index is 12.6. The molecule has 2 atom stereocenters. The monoisotopic (exact) mass is 352 g/mol. The van der Waals surface area contributed by atoms with Gasteiger partial charge in [-0.05, 0) is 49.1 Å². The average Bonchev–Trinajstić information content (AvgIpc) is 3.34. The second-order valence-corrected chi connectivity index (χ2v) is 6.70. The van der Waals surface area contributed by atoms with Crippen molar-refractivity contribution in [3.05, 3.63) is 71.0 Å². The van der Waals surface area contributed by atoms with Crippen LogP contribution in [0.2, 0.25) is 5.02 Å².